The van der Waals surface area contributed by atoms with Crippen LogP contribution in [-0.4, -0.2) is 36.1 Å². The van der Waals surface area contributed by atoms with Crippen molar-refractivity contribution in [3.05, 3.63) is 58.2 Å². The SMILES string of the molecule is COC(=O)C(C)(C)OCc1cc2cc(Cl)ccc2n1S(=O)(=O)c1ccc2nc(C)sc2c1. The van der Waals surface area contributed by atoms with Gasteiger partial charge in [0.2, 0.25) is 0 Å². The number of hydrogen-bond donors (Lipinski definition) is 0. The maximum absolute atomic E-state index is 13.7. The third kappa shape index (κ3) is 4.01. The number of halogens is 1. The van der Waals surface area contributed by atoms with Gasteiger partial charge in [0.1, 0.15) is 0 Å². The van der Waals surface area contributed by atoms with Crippen molar-refractivity contribution >= 4 is 60.0 Å². The first-order chi connectivity index (χ1) is 15.0. The van der Waals surface area contributed by atoms with Gasteiger partial charge >= 0.3 is 5.97 Å². The van der Waals surface area contributed by atoms with Gasteiger partial charge in [0, 0.05) is 10.4 Å². The zero-order chi connectivity index (χ0) is 23.3. The summed E-state index contributed by atoms with van der Waals surface area (Å²) in [7, 11) is -2.71. The molecule has 0 bridgehead atoms. The standard InChI is InChI=1S/C22H21ClN2O5S2/c1-13-24-18-7-6-17(11-20(18)31-13)32(27,28)25-16(12-30-22(2,3)21(26)29-4)10-14-9-15(23)5-8-19(14)25/h5-11H,12H2,1-4H3. The number of rotatable bonds is 6. The largest absolute Gasteiger partial charge is 0.467 e. The predicted molar refractivity (Wildman–Crippen MR) is 125 cm³/mol. The number of benzene rings is 2. The Kier molecular flexibility index (Phi) is 5.79. The predicted octanol–water partition coefficient (Wildman–Crippen LogP) is 4.92. The minimum Gasteiger partial charge on any atom is -0.467 e. The van der Waals surface area contributed by atoms with E-state index in [1.54, 1.807) is 56.3 Å². The van der Waals surface area contributed by atoms with Crippen LogP contribution in [0.15, 0.2) is 47.4 Å². The van der Waals surface area contributed by atoms with Gasteiger partial charge in [-0.3, -0.25) is 0 Å². The van der Waals surface area contributed by atoms with Crippen LogP contribution in [0.1, 0.15) is 24.5 Å². The molecule has 7 nitrogen and oxygen atoms in total. The molecular weight excluding hydrogens is 472 g/mol. The van der Waals surface area contributed by atoms with Crippen LogP contribution in [0.3, 0.4) is 0 Å². The smallest absolute Gasteiger partial charge is 0.337 e. The van der Waals surface area contributed by atoms with Crippen molar-refractivity contribution in [1.29, 1.82) is 0 Å². The summed E-state index contributed by atoms with van der Waals surface area (Å²) >= 11 is 7.56. The van der Waals surface area contributed by atoms with Gasteiger partial charge in [-0.15, -0.1) is 11.3 Å². The zero-order valence-electron chi connectivity index (χ0n) is 17.9. The molecule has 4 aromatic rings. The fourth-order valence-electron chi connectivity index (χ4n) is 3.45. The first kappa shape index (κ1) is 22.7. The van der Waals surface area contributed by atoms with Crippen LogP contribution >= 0.6 is 22.9 Å². The highest BCUT2D eigenvalue weighted by atomic mass is 35.5. The summed E-state index contributed by atoms with van der Waals surface area (Å²) < 4.78 is 40.1. The molecule has 0 saturated carbocycles. The van der Waals surface area contributed by atoms with E-state index in [0.717, 1.165) is 15.2 Å². The molecule has 168 valence electrons. The molecule has 0 amide bonds. The van der Waals surface area contributed by atoms with Crippen molar-refractivity contribution in [3.63, 3.8) is 0 Å². The van der Waals surface area contributed by atoms with Crippen LogP contribution in [-0.2, 0) is 30.9 Å². The Labute approximate surface area is 194 Å². The number of aromatic nitrogens is 2. The monoisotopic (exact) mass is 492 g/mol. The molecule has 2 aromatic heterocycles. The summed E-state index contributed by atoms with van der Waals surface area (Å²) in [6, 6.07) is 11.5. The van der Waals surface area contributed by atoms with Crippen LogP contribution in [0, 0.1) is 6.92 Å². The Hall–Kier alpha value is -2.46. The lowest BCUT2D eigenvalue weighted by atomic mass is 10.1. The molecule has 0 saturated heterocycles. The van der Waals surface area contributed by atoms with Crippen LogP contribution in [0.4, 0.5) is 0 Å². The second kappa shape index (κ2) is 8.15. The van der Waals surface area contributed by atoms with E-state index in [4.69, 9.17) is 21.1 Å². The van der Waals surface area contributed by atoms with Crippen molar-refractivity contribution in [1.82, 2.24) is 8.96 Å². The zero-order valence-corrected chi connectivity index (χ0v) is 20.3. The van der Waals surface area contributed by atoms with Gasteiger partial charge in [-0.1, -0.05) is 11.6 Å². The minimum absolute atomic E-state index is 0.129. The molecule has 0 fully saturated rings. The van der Waals surface area contributed by atoms with Crippen molar-refractivity contribution in [2.75, 3.05) is 7.11 Å². The highest BCUT2D eigenvalue weighted by Crippen LogP contribution is 2.31. The summed E-state index contributed by atoms with van der Waals surface area (Å²) in [4.78, 5) is 16.5. The highest BCUT2D eigenvalue weighted by Gasteiger charge is 2.31. The number of carbonyl (C=O) groups is 1. The topological polar surface area (TPSA) is 87.5 Å². The number of esters is 1. The number of hydrogen-bond acceptors (Lipinski definition) is 7. The summed E-state index contributed by atoms with van der Waals surface area (Å²) in [6.07, 6.45) is 0. The average Bonchev–Trinajstić information content (AvgIpc) is 3.29. The molecular formula is C22H21ClN2O5S2. The lowest BCUT2D eigenvalue weighted by Crippen LogP contribution is -2.36. The first-order valence-electron chi connectivity index (χ1n) is 9.68. The number of carbonyl (C=O) groups excluding carboxylic acids is 1. The number of aryl methyl sites for hydroxylation is 1. The third-order valence-corrected chi connectivity index (χ3v) is 7.98. The van der Waals surface area contributed by atoms with E-state index < -0.39 is 21.6 Å². The molecule has 0 aliphatic carbocycles. The van der Waals surface area contributed by atoms with E-state index in [1.165, 1.54) is 22.4 Å². The molecule has 32 heavy (non-hydrogen) atoms. The van der Waals surface area contributed by atoms with Crippen LogP contribution in [0.2, 0.25) is 5.02 Å². The molecule has 2 heterocycles. The van der Waals surface area contributed by atoms with Crippen LogP contribution in [0.5, 0.6) is 0 Å². The number of thiazole rings is 1. The van der Waals surface area contributed by atoms with E-state index in [-0.39, 0.29) is 11.5 Å². The van der Waals surface area contributed by atoms with E-state index >= 15 is 0 Å². The van der Waals surface area contributed by atoms with E-state index in [1.807, 2.05) is 6.92 Å². The summed E-state index contributed by atoms with van der Waals surface area (Å²) in [5, 5.41) is 1.98. The minimum atomic E-state index is -3.99. The Morgan fingerprint density at radius 3 is 2.66 bits per heavy atom. The van der Waals surface area contributed by atoms with E-state index in [9.17, 15) is 13.2 Å². The fraction of sp³-hybridized carbons (Fsp3) is 0.273. The lowest BCUT2D eigenvalue weighted by molar-refractivity contribution is -0.166. The second-order valence-corrected chi connectivity index (χ2v) is 11.2. The molecule has 0 radical (unpaired) electrons. The summed E-state index contributed by atoms with van der Waals surface area (Å²) in [5.41, 5.74) is 0.319. The van der Waals surface area contributed by atoms with Crippen molar-refractivity contribution in [2.45, 2.75) is 37.9 Å². The Balaban J connectivity index is 1.85. The van der Waals surface area contributed by atoms with E-state index in [2.05, 4.69) is 4.98 Å². The average molecular weight is 493 g/mol. The number of nitrogens with zero attached hydrogens (tertiary/aromatic N) is 2. The molecule has 0 spiro atoms. The highest BCUT2D eigenvalue weighted by molar-refractivity contribution is 7.90. The first-order valence-corrected chi connectivity index (χ1v) is 12.3. The Morgan fingerprint density at radius 2 is 1.94 bits per heavy atom. The number of ether oxygens (including phenoxy) is 2. The van der Waals surface area contributed by atoms with Gasteiger partial charge in [0.05, 0.1) is 45.0 Å². The van der Waals surface area contributed by atoms with E-state index in [0.29, 0.717) is 21.6 Å². The second-order valence-electron chi connectivity index (χ2n) is 7.76. The van der Waals surface area contributed by atoms with Crippen LogP contribution in [0.25, 0.3) is 21.1 Å². The Bertz CT molecular complexity index is 1450. The molecule has 0 unspecified atom stereocenters. The number of methoxy groups -OCH3 is 1. The van der Waals surface area contributed by atoms with Crippen LogP contribution < -0.4 is 0 Å². The molecule has 10 heteroatoms. The van der Waals surface area contributed by atoms with Gasteiger partial charge in [-0.2, -0.15) is 0 Å². The molecule has 4 rings (SSSR count). The lowest BCUT2D eigenvalue weighted by Gasteiger charge is -2.22. The maximum Gasteiger partial charge on any atom is 0.337 e. The molecule has 0 N–H and O–H groups in total. The van der Waals surface area contributed by atoms with Gasteiger partial charge < -0.3 is 9.47 Å². The van der Waals surface area contributed by atoms with Gasteiger partial charge in [0.25, 0.3) is 10.0 Å². The summed E-state index contributed by atoms with van der Waals surface area (Å²) in [5.74, 6) is -0.558. The van der Waals surface area contributed by atoms with Gasteiger partial charge in [-0.05, 0) is 63.2 Å². The molecule has 2 aromatic carbocycles. The maximum atomic E-state index is 13.7. The van der Waals surface area contributed by atoms with Gasteiger partial charge in [0.15, 0.2) is 5.60 Å². The quantitative estimate of drug-likeness (QED) is 0.355. The number of fused-ring (bicyclic) bond motifs is 2. The normalized spacial score (nSPS) is 12.5. The van der Waals surface area contributed by atoms with Crippen molar-refractivity contribution < 1.29 is 22.7 Å². The van der Waals surface area contributed by atoms with Gasteiger partial charge in [-0.25, -0.2) is 22.2 Å². The third-order valence-electron chi connectivity index (χ3n) is 5.05. The molecule has 0 atom stereocenters. The Morgan fingerprint density at radius 1 is 1.19 bits per heavy atom. The molecule has 0 aliphatic rings. The fourth-order valence-corrected chi connectivity index (χ4v) is 6.13. The molecule has 0 aliphatic heterocycles. The summed E-state index contributed by atoms with van der Waals surface area (Å²) in [6.45, 7) is 4.88. The van der Waals surface area contributed by atoms with Crippen molar-refractivity contribution in [3.8, 4) is 0 Å². The van der Waals surface area contributed by atoms with Crippen molar-refractivity contribution in [2.24, 2.45) is 0 Å².